The fraction of sp³-hybridized carbons (Fsp3) is 0.158. The van der Waals surface area contributed by atoms with E-state index in [1.807, 2.05) is 56.3 Å². The van der Waals surface area contributed by atoms with Crippen molar-refractivity contribution in [3.05, 3.63) is 64.8 Å². The molecule has 0 fully saturated rings. The van der Waals surface area contributed by atoms with Crippen LogP contribution in [-0.4, -0.2) is 20.0 Å². The molecule has 0 bridgehead atoms. The van der Waals surface area contributed by atoms with Gasteiger partial charge in [-0.25, -0.2) is 0 Å². The summed E-state index contributed by atoms with van der Waals surface area (Å²) >= 11 is 5.94. The van der Waals surface area contributed by atoms with E-state index in [2.05, 4.69) is 10.6 Å². The normalized spacial score (nSPS) is 10.8. The number of rotatable bonds is 5. The first-order valence-electron chi connectivity index (χ1n) is 7.62. The third kappa shape index (κ3) is 5.00. The number of nitriles is 1. The Kier molecular flexibility index (Phi) is 6.04. The van der Waals surface area contributed by atoms with E-state index in [4.69, 9.17) is 11.6 Å². The molecule has 1 amide bonds. The molecule has 2 N–H and O–H groups in total. The molecule has 2 aromatic rings. The fourth-order valence-electron chi connectivity index (χ4n) is 2.08. The van der Waals surface area contributed by atoms with Gasteiger partial charge in [0.25, 0.3) is 5.91 Å². The lowest BCUT2D eigenvalue weighted by Gasteiger charge is -2.12. The average Bonchev–Trinajstić information content (AvgIpc) is 2.59. The van der Waals surface area contributed by atoms with Crippen molar-refractivity contribution in [3.63, 3.8) is 0 Å². The molecule has 0 aliphatic rings. The van der Waals surface area contributed by atoms with Gasteiger partial charge in [0, 0.05) is 42.4 Å². The van der Waals surface area contributed by atoms with Crippen molar-refractivity contribution >= 4 is 34.6 Å². The van der Waals surface area contributed by atoms with Crippen LogP contribution in [-0.2, 0) is 4.79 Å². The lowest BCUT2D eigenvalue weighted by atomic mass is 10.2. The van der Waals surface area contributed by atoms with Crippen molar-refractivity contribution in [1.82, 2.24) is 0 Å². The lowest BCUT2D eigenvalue weighted by molar-refractivity contribution is -0.112. The zero-order chi connectivity index (χ0) is 18.4. The Morgan fingerprint density at radius 3 is 2.48 bits per heavy atom. The van der Waals surface area contributed by atoms with Gasteiger partial charge in [-0.05, 0) is 48.9 Å². The molecule has 0 radical (unpaired) electrons. The molecule has 0 saturated heterocycles. The molecule has 0 aliphatic carbocycles. The van der Waals surface area contributed by atoms with Crippen LogP contribution in [0.25, 0.3) is 0 Å². The number of hydrogen-bond donors (Lipinski definition) is 2. The molecule has 0 saturated carbocycles. The molecule has 25 heavy (non-hydrogen) atoms. The smallest absolute Gasteiger partial charge is 0.267 e. The van der Waals surface area contributed by atoms with Crippen molar-refractivity contribution < 1.29 is 4.79 Å². The number of hydrogen-bond acceptors (Lipinski definition) is 4. The minimum atomic E-state index is -0.495. The van der Waals surface area contributed by atoms with Crippen LogP contribution in [0.2, 0.25) is 5.02 Å². The van der Waals surface area contributed by atoms with Crippen LogP contribution in [0.1, 0.15) is 5.56 Å². The van der Waals surface area contributed by atoms with E-state index in [0.29, 0.717) is 10.7 Å². The van der Waals surface area contributed by atoms with Gasteiger partial charge >= 0.3 is 0 Å². The van der Waals surface area contributed by atoms with Crippen molar-refractivity contribution in [2.24, 2.45) is 0 Å². The molecule has 0 unspecified atom stereocenters. The molecular weight excluding hydrogens is 336 g/mol. The van der Waals surface area contributed by atoms with Gasteiger partial charge < -0.3 is 15.5 Å². The Bertz CT molecular complexity index is 835. The lowest BCUT2D eigenvalue weighted by Crippen LogP contribution is -2.15. The first-order chi connectivity index (χ1) is 11.9. The van der Waals surface area contributed by atoms with E-state index < -0.39 is 5.91 Å². The maximum atomic E-state index is 12.3. The summed E-state index contributed by atoms with van der Waals surface area (Å²) in [6, 6.07) is 14.7. The number of benzene rings is 2. The molecule has 0 aliphatic heterocycles. The Balaban J connectivity index is 2.10. The Morgan fingerprint density at radius 1 is 1.20 bits per heavy atom. The Morgan fingerprint density at radius 2 is 1.88 bits per heavy atom. The number of amides is 1. The van der Waals surface area contributed by atoms with Crippen LogP contribution in [0.5, 0.6) is 0 Å². The standard InChI is InChI=1S/C19H19ClN4O/c1-13-4-5-15(20)10-18(13)23-19(25)14(11-21)12-22-16-6-8-17(9-7-16)24(2)3/h4-10,12,22H,1-3H3,(H,23,25)/b14-12-. The molecule has 2 rings (SSSR count). The van der Waals surface area contributed by atoms with Gasteiger partial charge in [0.2, 0.25) is 0 Å². The molecular formula is C19H19ClN4O. The first kappa shape index (κ1) is 18.4. The van der Waals surface area contributed by atoms with Crippen molar-refractivity contribution in [2.45, 2.75) is 6.92 Å². The van der Waals surface area contributed by atoms with Gasteiger partial charge in [-0.2, -0.15) is 5.26 Å². The summed E-state index contributed by atoms with van der Waals surface area (Å²) in [5.41, 5.74) is 3.25. The highest BCUT2D eigenvalue weighted by atomic mass is 35.5. The minimum Gasteiger partial charge on any atom is -0.378 e. The quantitative estimate of drug-likeness (QED) is 0.624. The largest absolute Gasteiger partial charge is 0.378 e. The number of carbonyl (C=O) groups excluding carboxylic acids is 1. The van der Waals surface area contributed by atoms with Gasteiger partial charge in [-0.3, -0.25) is 4.79 Å². The summed E-state index contributed by atoms with van der Waals surface area (Å²) in [4.78, 5) is 14.3. The SMILES string of the molecule is Cc1ccc(Cl)cc1NC(=O)/C(C#N)=C\Nc1ccc(N(C)C)cc1. The topological polar surface area (TPSA) is 68.2 Å². The van der Waals surface area contributed by atoms with E-state index in [-0.39, 0.29) is 5.57 Å². The molecule has 6 heteroatoms. The van der Waals surface area contributed by atoms with Crippen LogP contribution in [0, 0.1) is 18.3 Å². The van der Waals surface area contributed by atoms with E-state index in [1.165, 1.54) is 6.20 Å². The second-order valence-corrected chi connectivity index (χ2v) is 6.11. The van der Waals surface area contributed by atoms with Gasteiger partial charge in [-0.15, -0.1) is 0 Å². The second-order valence-electron chi connectivity index (χ2n) is 5.67. The van der Waals surface area contributed by atoms with Crippen molar-refractivity contribution in [1.29, 1.82) is 5.26 Å². The number of nitrogens with one attached hydrogen (secondary N) is 2. The van der Waals surface area contributed by atoms with Crippen LogP contribution in [0.15, 0.2) is 54.2 Å². The van der Waals surface area contributed by atoms with E-state index in [0.717, 1.165) is 16.9 Å². The summed E-state index contributed by atoms with van der Waals surface area (Å²) < 4.78 is 0. The molecule has 0 aromatic heterocycles. The monoisotopic (exact) mass is 354 g/mol. The molecule has 5 nitrogen and oxygen atoms in total. The fourth-order valence-corrected chi connectivity index (χ4v) is 2.25. The predicted octanol–water partition coefficient (Wildman–Crippen LogP) is 4.17. The van der Waals surface area contributed by atoms with Crippen LogP contribution in [0.4, 0.5) is 17.1 Å². The molecule has 0 heterocycles. The Hall–Kier alpha value is -2.97. The number of aryl methyl sites for hydroxylation is 1. The summed E-state index contributed by atoms with van der Waals surface area (Å²) in [6.07, 6.45) is 1.39. The maximum absolute atomic E-state index is 12.3. The van der Waals surface area contributed by atoms with Gasteiger partial charge in [-0.1, -0.05) is 17.7 Å². The molecule has 128 valence electrons. The van der Waals surface area contributed by atoms with Gasteiger partial charge in [0.1, 0.15) is 11.6 Å². The van der Waals surface area contributed by atoms with Crippen LogP contribution < -0.4 is 15.5 Å². The zero-order valence-corrected chi connectivity index (χ0v) is 15.1. The highest BCUT2D eigenvalue weighted by Gasteiger charge is 2.11. The zero-order valence-electron chi connectivity index (χ0n) is 14.3. The summed E-state index contributed by atoms with van der Waals surface area (Å²) in [7, 11) is 3.91. The van der Waals surface area contributed by atoms with Gasteiger partial charge in [0.05, 0.1) is 0 Å². The number of halogens is 1. The number of anilines is 3. The predicted molar refractivity (Wildman–Crippen MR) is 103 cm³/mol. The maximum Gasteiger partial charge on any atom is 0.267 e. The molecule has 0 spiro atoms. The number of nitrogens with zero attached hydrogens (tertiary/aromatic N) is 2. The second kappa shape index (κ2) is 8.22. The van der Waals surface area contributed by atoms with E-state index in [9.17, 15) is 10.1 Å². The number of carbonyl (C=O) groups is 1. The summed E-state index contributed by atoms with van der Waals surface area (Å²) in [6.45, 7) is 1.85. The van der Waals surface area contributed by atoms with Gasteiger partial charge in [0.15, 0.2) is 0 Å². The van der Waals surface area contributed by atoms with Crippen LogP contribution >= 0.6 is 11.6 Å². The summed E-state index contributed by atoms with van der Waals surface area (Å²) in [5, 5.41) is 15.4. The third-order valence-corrected chi connectivity index (χ3v) is 3.81. The average molecular weight is 355 g/mol. The van der Waals surface area contributed by atoms with Crippen LogP contribution in [0.3, 0.4) is 0 Å². The van der Waals surface area contributed by atoms with Crippen molar-refractivity contribution in [2.75, 3.05) is 29.6 Å². The highest BCUT2D eigenvalue weighted by molar-refractivity contribution is 6.31. The summed E-state index contributed by atoms with van der Waals surface area (Å²) in [5.74, 6) is -0.495. The Labute approximate surface area is 152 Å². The van der Waals surface area contributed by atoms with E-state index >= 15 is 0 Å². The minimum absolute atomic E-state index is 0.0314. The third-order valence-electron chi connectivity index (χ3n) is 3.58. The van der Waals surface area contributed by atoms with Crippen molar-refractivity contribution in [3.8, 4) is 6.07 Å². The first-order valence-corrected chi connectivity index (χ1v) is 8.00. The molecule has 2 aromatic carbocycles. The highest BCUT2D eigenvalue weighted by Crippen LogP contribution is 2.21. The molecule has 0 atom stereocenters. The van der Waals surface area contributed by atoms with E-state index in [1.54, 1.807) is 18.2 Å².